The summed E-state index contributed by atoms with van der Waals surface area (Å²) >= 11 is 1.37. The van der Waals surface area contributed by atoms with Crippen molar-refractivity contribution in [1.82, 2.24) is 0 Å². The Morgan fingerprint density at radius 3 is 2.43 bits per heavy atom. The molecule has 0 amide bonds. The third kappa shape index (κ3) is 5.77. The number of amidine groups is 1. The molecule has 0 aliphatic carbocycles. The van der Waals surface area contributed by atoms with Crippen molar-refractivity contribution in [1.29, 1.82) is 5.41 Å². The van der Waals surface area contributed by atoms with Crippen LogP contribution in [0.2, 0.25) is 0 Å². The second-order valence-electron chi connectivity index (χ2n) is 0.951. The topological polar surface area (TPSA) is 49.9 Å². The predicted octanol–water partition coefficient (Wildman–Crippen LogP) is -0.172. The first-order valence-corrected chi connectivity index (χ1v) is 3.42. The van der Waals surface area contributed by atoms with Gasteiger partial charge in [0.15, 0.2) is 0 Å². The van der Waals surface area contributed by atoms with Gasteiger partial charge in [0.1, 0.15) is 0 Å². The number of hydrogen-bond acceptors (Lipinski definition) is 1. The molecule has 0 fully saturated rings. The molecule has 0 aliphatic rings. The average Bonchev–Trinajstić information content (AvgIpc) is 1.61. The van der Waals surface area contributed by atoms with Crippen LogP contribution in [0, 0.1) is 5.41 Å². The van der Waals surface area contributed by atoms with Crippen molar-refractivity contribution < 1.29 is 19.4 Å². The van der Waals surface area contributed by atoms with E-state index in [-0.39, 0.29) is 5.84 Å². The van der Waals surface area contributed by atoms with Gasteiger partial charge in [0.2, 0.25) is 0 Å². The van der Waals surface area contributed by atoms with Gasteiger partial charge < -0.3 is 0 Å². The quantitative estimate of drug-likeness (QED) is 0.529. The normalized spacial score (nSPS) is 9.14. The molecule has 2 nitrogen and oxygen atoms in total. The first kappa shape index (κ1) is 6.77. The summed E-state index contributed by atoms with van der Waals surface area (Å²) in [5.41, 5.74) is 4.96. The van der Waals surface area contributed by atoms with Crippen LogP contribution in [0.25, 0.3) is 0 Å². The molecule has 0 rings (SSSR count). The summed E-state index contributed by atoms with van der Waals surface area (Å²) in [4.78, 5) is 0. The van der Waals surface area contributed by atoms with Gasteiger partial charge in [-0.2, -0.15) is 0 Å². The van der Waals surface area contributed by atoms with Gasteiger partial charge in [0, 0.05) is 0 Å². The second-order valence-corrected chi connectivity index (χ2v) is 1.93. The first-order valence-electron chi connectivity index (χ1n) is 1.73. The van der Waals surface area contributed by atoms with Gasteiger partial charge in [-0.3, -0.25) is 0 Å². The Hall–Kier alpha value is -0.232. The Bertz CT molecular complexity index is 106. The van der Waals surface area contributed by atoms with E-state index in [4.69, 9.17) is 11.1 Å². The molecule has 0 unspecified atom stereocenters. The number of rotatable bonds is 2. The van der Waals surface area contributed by atoms with E-state index in [1.807, 2.05) is 4.40 Å². The van der Waals surface area contributed by atoms with E-state index < -0.39 is 0 Å². The maximum atomic E-state index is 6.68. The second kappa shape index (κ2) is 3.94. The van der Waals surface area contributed by atoms with Crippen LogP contribution in [-0.2, 0) is 19.4 Å². The molecular weight excluding hydrogens is 260 g/mol. The van der Waals surface area contributed by atoms with Gasteiger partial charge in [0.05, 0.1) is 0 Å². The average molecular weight is 266 g/mol. The van der Waals surface area contributed by atoms with Crippen LogP contribution >= 0.6 is 0 Å². The Balaban J connectivity index is 3.46. The zero-order valence-electron chi connectivity index (χ0n) is 3.72. The van der Waals surface area contributed by atoms with Crippen molar-refractivity contribution in [2.24, 2.45) is 5.73 Å². The van der Waals surface area contributed by atoms with Crippen molar-refractivity contribution in [3.63, 3.8) is 0 Å². The Labute approximate surface area is 53.3 Å². The molecular formula is C4H6N2W. The van der Waals surface area contributed by atoms with Crippen LogP contribution in [0.15, 0.2) is 12.2 Å². The van der Waals surface area contributed by atoms with Crippen LogP contribution in [0.3, 0.4) is 0 Å². The summed E-state index contributed by atoms with van der Waals surface area (Å²) in [5.74, 6) is 0.109. The van der Waals surface area contributed by atoms with E-state index >= 15 is 0 Å². The zero-order chi connectivity index (χ0) is 5.70. The Kier molecular flexibility index (Phi) is 3.81. The van der Waals surface area contributed by atoms with Gasteiger partial charge in [0.25, 0.3) is 0 Å². The number of nitrogens with one attached hydrogen (secondary N) is 1. The van der Waals surface area contributed by atoms with Crippen molar-refractivity contribution in [2.75, 3.05) is 0 Å². The van der Waals surface area contributed by atoms with Crippen LogP contribution in [-0.4, -0.2) is 10.2 Å². The van der Waals surface area contributed by atoms with E-state index in [1.165, 1.54) is 19.4 Å². The summed E-state index contributed by atoms with van der Waals surface area (Å²) in [5, 5.41) is 6.68. The molecule has 0 aromatic carbocycles. The molecule has 0 aromatic heterocycles. The summed E-state index contributed by atoms with van der Waals surface area (Å²) < 4.78 is 1.90. The SMILES string of the molecule is N=C(N)/C=C\[CH]=[W]. The van der Waals surface area contributed by atoms with Crippen LogP contribution in [0.5, 0.6) is 0 Å². The Morgan fingerprint density at radius 2 is 2.29 bits per heavy atom. The monoisotopic (exact) mass is 266 g/mol. The molecule has 0 aliphatic heterocycles. The molecule has 0 atom stereocenters. The summed E-state index contributed by atoms with van der Waals surface area (Å²) in [7, 11) is 0. The molecule has 0 saturated carbocycles. The van der Waals surface area contributed by atoms with Gasteiger partial charge in [-0.15, -0.1) is 0 Å². The van der Waals surface area contributed by atoms with Gasteiger partial charge in [-0.05, 0) is 0 Å². The number of allylic oxidation sites excluding steroid dienone is 1. The predicted molar refractivity (Wildman–Crippen MR) is 27.1 cm³/mol. The maximum absolute atomic E-state index is 6.68. The third-order valence-corrected chi connectivity index (χ3v) is 0.919. The fourth-order valence-corrected chi connectivity index (χ4v) is 0.425. The molecule has 0 radical (unpaired) electrons. The fourth-order valence-electron chi connectivity index (χ4n) is 0.143. The molecule has 7 heavy (non-hydrogen) atoms. The molecule has 0 bridgehead atoms. The molecule has 0 heterocycles. The summed E-state index contributed by atoms with van der Waals surface area (Å²) in [6, 6.07) is 0. The van der Waals surface area contributed by atoms with E-state index in [0.717, 1.165) is 0 Å². The fraction of sp³-hybridized carbons (Fsp3) is 0. The van der Waals surface area contributed by atoms with Crippen LogP contribution in [0.4, 0.5) is 0 Å². The standard InChI is InChI=1S/C4H6N2.W/c1-2-3-4(5)6;/h1-3H,(H3,5,6);/b3-2-;. The van der Waals surface area contributed by atoms with Crippen molar-refractivity contribution in [3.05, 3.63) is 12.2 Å². The minimum atomic E-state index is 0.109. The molecule has 38 valence electrons. The van der Waals surface area contributed by atoms with E-state index in [1.54, 1.807) is 12.2 Å². The van der Waals surface area contributed by atoms with Gasteiger partial charge >= 0.3 is 52.9 Å². The minimum absolute atomic E-state index is 0.109. The molecule has 0 aromatic rings. The van der Waals surface area contributed by atoms with E-state index in [9.17, 15) is 0 Å². The molecule has 0 spiro atoms. The molecule has 0 saturated heterocycles. The first-order chi connectivity index (χ1) is 3.27. The van der Waals surface area contributed by atoms with Gasteiger partial charge in [-0.25, -0.2) is 0 Å². The van der Waals surface area contributed by atoms with Crippen LogP contribution in [0.1, 0.15) is 0 Å². The number of nitrogens with two attached hydrogens (primary N) is 1. The zero-order valence-corrected chi connectivity index (χ0v) is 6.65. The van der Waals surface area contributed by atoms with Gasteiger partial charge in [-0.1, -0.05) is 0 Å². The third-order valence-electron chi connectivity index (χ3n) is 0.354. The molecule has 3 N–H and O–H groups in total. The summed E-state index contributed by atoms with van der Waals surface area (Å²) in [6.45, 7) is 0. The summed E-state index contributed by atoms with van der Waals surface area (Å²) in [6.07, 6.45) is 3.31. The molecule has 3 heteroatoms. The van der Waals surface area contributed by atoms with Crippen molar-refractivity contribution in [2.45, 2.75) is 0 Å². The number of hydrogen-bond donors (Lipinski definition) is 2. The van der Waals surface area contributed by atoms with Crippen LogP contribution < -0.4 is 5.73 Å². The van der Waals surface area contributed by atoms with E-state index in [0.29, 0.717) is 0 Å². The Morgan fingerprint density at radius 1 is 1.71 bits per heavy atom. The van der Waals surface area contributed by atoms with Crippen molar-refractivity contribution >= 4 is 10.2 Å². The van der Waals surface area contributed by atoms with E-state index in [2.05, 4.69) is 0 Å². The van der Waals surface area contributed by atoms with Crippen molar-refractivity contribution in [3.8, 4) is 0 Å².